The number of nitrogens with one attached hydrogen (secondary N) is 1. The van der Waals surface area contributed by atoms with Crippen molar-refractivity contribution in [3.05, 3.63) is 35.4 Å². The molecule has 110 valence electrons. The number of carbonyl (C=O) groups is 2. The number of carboxylic acid groups (broad SMARTS) is 1. The van der Waals surface area contributed by atoms with Crippen LogP contribution < -0.4 is 5.32 Å². The largest absolute Gasteiger partial charge is 0.481 e. The van der Waals surface area contributed by atoms with Gasteiger partial charge in [-0.15, -0.1) is 0 Å². The van der Waals surface area contributed by atoms with Crippen molar-refractivity contribution in [2.45, 2.75) is 39.8 Å². The van der Waals surface area contributed by atoms with Crippen LogP contribution in [0.3, 0.4) is 0 Å². The number of urea groups is 1. The summed E-state index contributed by atoms with van der Waals surface area (Å²) in [5.74, 6) is -0.901. The van der Waals surface area contributed by atoms with E-state index in [1.54, 1.807) is 0 Å². The summed E-state index contributed by atoms with van der Waals surface area (Å²) < 4.78 is 0. The average Bonchev–Trinajstić information content (AvgIpc) is 2.37. The third-order valence-electron chi connectivity index (χ3n) is 3.02. The Morgan fingerprint density at radius 3 is 2.35 bits per heavy atom. The summed E-state index contributed by atoms with van der Waals surface area (Å²) >= 11 is 0. The van der Waals surface area contributed by atoms with Crippen molar-refractivity contribution < 1.29 is 14.7 Å². The third kappa shape index (κ3) is 5.30. The lowest BCUT2D eigenvalue weighted by molar-refractivity contribution is -0.137. The number of hydrogen-bond donors (Lipinski definition) is 2. The fourth-order valence-electron chi connectivity index (χ4n) is 1.80. The summed E-state index contributed by atoms with van der Waals surface area (Å²) in [4.78, 5) is 24.2. The van der Waals surface area contributed by atoms with Gasteiger partial charge in [0.2, 0.25) is 0 Å². The van der Waals surface area contributed by atoms with E-state index in [0.29, 0.717) is 6.54 Å². The Labute approximate surface area is 119 Å². The fourth-order valence-corrected chi connectivity index (χ4v) is 1.80. The number of amides is 2. The molecule has 0 spiro atoms. The monoisotopic (exact) mass is 278 g/mol. The van der Waals surface area contributed by atoms with E-state index in [0.717, 1.165) is 5.56 Å². The summed E-state index contributed by atoms with van der Waals surface area (Å²) in [6, 6.07) is 7.64. The molecule has 0 aromatic heterocycles. The summed E-state index contributed by atoms with van der Waals surface area (Å²) in [7, 11) is 0. The Balaban J connectivity index is 2.53. The van der Waals surface area contributed by atoms with Crippen molar-refractivity contribution in [2.75, 3.05) is 6.54 Å². The van der Waals surface area contributed by atoms with Crippen LogP contribution in [0.1, 0.15) is 31.4 Å². The highest BCUT2D eigenvalue weighted by atomic mass is 16.4. The van der Waals surface area contributed by atoms with Gasteiger partial charge in [-0.05, 0) is 26.3 Å². The van der Waals surface area contributed by atoms with Crippen LogP contribution >= 0.6 is 0 Å². The summed E-state index contributed by atoms with van der Waals surface area (Å²) in [6.45, 7) is 6.40. The highest BCUT2D eigenvalue weighted by Crippen LogP contribution is 2.05. The van der Waals surface area contributed by atoms with Crippen molar-refractivity contribution >= 4 is 12.0 Å². The minimum absolute atomic E-state index is 0.0348. The van der Waals surface area contributed by atoms with Crippen LogP contribution in [0.5, 0.6) is 0 Å². The van der Waals surface area contributed by atoms with Gasteiger partial charge in [0.15, 0.2) is 0 Å². The van der Waals surface area contributed by atoms with E-state index >= 15 is 0 Å². The van der Waals surface area contributed by atoms with Gasteiger partial charge in [-0.3, -0.25) is 4.79 Å². The van der Waals surface area contributed by atoms with Crippen LogP contribution in [0.4, 0.5) is 4.79 Å². The predicted octanol–water partition coefficient (Wildman–Crippen LogP) is 2.39. The predicted molar refractivity (Wildman–Crippen MR) is 77.5 cm³/mol. The second-order valence-corrected chi connectivity index (χ2v) is 5.08. The summed E-state index contributed by atoms with van der Waals surface area (Å²) in [5.41, 5.74) is 2.19. The van der Waals surface area contributed by atoms with E-state index in [-0.39, 0.29) is 25.0 Å². The molecule has 1 aromatic rings. The number of aryl methyl sites for hydroxylation is 1. The van der Waals surface area contributed by atoms with Gasteiger partial charge < -0.3 is 15.3 Å². The number of hydrogen-bond acceptors (Lipinski definition) is 2. The number of aliphatic carboxylic acids is 1. The molecular formula is C15H22N2O3. The SMILES string of the molecule is Cc1ccc(CNC(=O)N(CCC(=O)O)C(C)C)cc1. The third-order valence-corrected chi connectivity index (χ3v) is 3.02. The van der Waals surface area contributed by atoms with Crippen LogP contribution in [0.2, 0.25) is 0 Å². The first-order chi connectivity index (χ1) is 9.40. The molecule has 0 heterocycles. The average molecular weight is 278 g/mol. The molecule has 0 aliphatic heterocycles. The first-order valence-electron chi connectivity index (χ1n) is 6.72. The smallest absolute Gasteiger partial charge is 0.317 e. The highest BCUT2D eigenvalue weighted by molar-refractivity contribution is 5.75. The first kappa shape index (κ1) is 16.0. The first-order valence-corrected chi connectivity index (χ1v) is 6.72. The van der Waals surface area contributed by atoms with E-state index in [1.165, 1.54) is 10.5 Å². The second-order valence-electron chi connectivity index (χ2n) is 5.08. The summed E-state index contributed by atoms with van der Waals surface area (Å²) in [5, 5.41) is 11.5. The molecule has 0 bridgehead atoms. The van der Waals surface area contributed by atoms with E-state index in [2.05, 4.69) is 5.32 Å². The zero-order chi connectivity index (χ0) is 15.1. The van der Waals surface area contributed by atoms with Crippen molar-refractivity contribution in [3.63, 3.8) is 0 Å². The minimum Gasteiger partial charge on any atom is -0.481 e. The normalized spacial score (nSPS) is 10.4. The van der Waals surface area contributed by atoms with E-state index in [9.17, 15) is 9.59 Å². The Hall–Kier alpha value is -2.04. The number of rotatable bonds is 6. The molecular weight excluding hydrogens is 256 g/mol. The van der Waals surface area contributed by atoms with Crippen molar-refractivity contribution in [3.8, 4) is 0 Å². The van der Waals surface area contributed by atoms with Crippen LogP contribution in [0.15, 0.2) is 24.3 Å². The molecule has 0 fully saturated rings. The van der Waals surface area contributed by atoms with Gasteiger partial charge in [-0.25, -0.2) is 4.79 Å². The molecule has 20 heavy (non-hydrogen) atoms. The molecule has 1 rings (SSSR count). The molecule has 2 N–H and O–H groups in total. The van der Waals surface area contributed by atoms with Gasteiger partial charge >= 0.3 is 12.0 Å². The lowest BCUT2D eigenvalue weighted by Crippen LogP contribution is -2.44. The molecule has 1 aromatic carbocycles. The van der Waals surface area contributed by atoms with Gasteiger partial charge in [0.1, 0.15) is 0 Å². The van der Waals surface area contributed by atoms with E-state index in [4.69, 9.17) is 5.11 Å². The van der Waals surface area contributed by atoms with Crippen molar-refractivity contribution in [1.82, 2.24) is 10.2 Å². The van der Waals surface area contributed by atoms with Gasteiger partial charge in [-0.1, -0.05) is 29.8 Å². The molecule has 0 atom stereocenters. The van der Waals surface area contributed by atoms with E-state index in [1.807, 2.05) is 45.0 Å². The zero-order valence-corrected chi connectivity index (χ0v) is 12.2. The molecule has 0 aliphatic rings. The van der Waals surface area contributed by atoms with Crippen molar-refractivity contribution in [2.24, 2.45) is 0 Å². The maximum absolute atomic E-state index is 12.1. The number of carbonyl (C=O) groups excluding carboxylic acids is 1. The standard InChI is InChI=1S/C15H22N2O3/c1-11(2)17(9-8-14(18)19)15(20)16-10-13-6-4-12(3)5-7-13/h4-7,11H,8-10H2,1-3H3,(H,16,20)(H,18,19). The highest BCUT2D eigenvalue weighted by Gasteiger charge is 2.17. The van der Waals surface area contributed by atoms with Gasteiger partial charge in [0, 0.05) is 19.1 Å². The molecule has 5 heteroatoms. The Morgan fingerprint density at radius 2 is 1.85 bits per heavy atom. The fraction of sp³-hybridized carbons (Fsp3) is 0.467. The minimum atomic E-state index is -0.901. The molecule has 0 saturated carbocycles. The van der Waals surface area contributed by atoms with E-state index < -0.39 is 5.97 Å². The van der Waals surface area contributed by atoms with Crippen LogP contribution in [0.25, 0.3) is 0 Å². The lowest BCUT2D eigenvalue weighted by Gasteiger charge is -2.26. The maximum Gasteiger partial charge on any atom is 0.317 e. The number of benzene rings is 1. The Bertz CT molecular complexity index is 455. The molecule has 0 radical (unpaired) electrons. The van der Waals surface area contributed by atoms with Gasteiger partial charge in [0.25, 0.3) is 0 Å². The van der Waals surface area contributed by atoms with Gasteiger partial charge in [0.05, 0.1) is 6.42 Å². The number of carboxylic acids is 1. The topological polar surface area (TPSA) is 69.6 Å². The van der Waals surface area contributed by atoms with Crippen molar-refractivity contribution in [1.29, 1.82) is 0 Å². The molecule has 0 saturated heterocycles. The molecule has 2 amide bonds. The Kier molecular flexibility index (Phi) is 6.03. The molecule has 5 nitrogen and oxygen atoms in total. The van der Waals surface area contributed by atoms with Crippen LogP contribution in [-0.2, 0) is 11.3 Å². The zero-order valence-electron chi connectivity index (χ0n) is 12.2. The number of nitrogens with zero attached hydrogens (tertiary/aromatic N) is 1. The van der Waals surface area contributed by atoms with Crippen LogP contribution in [0, 0.1) is 6.92 Å². The quantitative estimate of drug-likeness (QED) is 0.839. The molecule has 0 unspecified atom stereocenters. The second kappa shape index (κ2) is 7.53. The lowest BCUT2D eigenvalue weighted by atomic mass is 10.1. The van der Waals surface area contributed by atoms with Crippen LogP contribution in [-0.4, -0.2) is 34.6 Å². The maximum atomic E-state index is 12.1. The van der Waals surface area contributed by atoms with Gasteiger partial charge in [-0.2, -0.15) is 0 Å². The summed E-state index contributed by atoms with van der Waals surface area (Å²) in [6.07, 6.45) is -0.0455. The Morgan fingerprint density at radius 1 is 1.25 bits per heavy atom. The molecule has 0 aliphatic carbocycles.